The zero-order chi connectivity index (χ0) is 15.2. The van der Waals surface area contributed by atoms with Crippen molar-refractivity contribution < 1.29 is 4.74 Å². The average Bonchev–Trinajstić information content (AvgIpc) is 2.47. The van der Waals surface area contributed by atoms with Gasteiger partial charge in [0, 0.05) is 32.0 Å². The molecule has 0 saturated carbocycles. The lowest BCUT2D eigenvalue weighted by atomic mass is 10.2. The van der Waals surface area contributed by atoms with E-state index in [-0.39, 0.29) is 11.6 Å². The molecule has 6 nitrogen and oxygen atoms in total. The summed E-state index contributed by atoms with van der Waals surface area (Å²) >= 11 is 0. The van der Waals surface area contributed by atoms with Gasteiger partial charge in [-0.15, -0.1) is 0 Å². The summed E-state index contributed by atoms with van der Waals surface area (Å²) in [5, 5.41) is 3.33. The molecule has 0 bridgehead atoms. The van der Waals surface area contributed by atoms with Crippen LogP contribution in [0.2, 0.25) is 0 Å². The Bertz CT molecular complexity index is 501. The number of nitrogens with one attached hydrogen (secondary N) is 1. The van der Waals surface area contributed by atoms with E-state index in [1.807, 2.05) is 0 Å². The molecule has 0 amide bonds. The molecule has 0 spiro atoms. The highest BCUT2D eigenvalue weighted by Crippen LogP contribution is 2.13. The molecule has 1 saturated heterocycles. The molecule has 1 atom stereocenters. The fourth-order valence-corrected chi connectivity index (χ4v) is 2.58. The van der Waals surface area contributed by atoms with Gasteiger partial charge in [0.15, 0.2) is 5.82 Å². The van der Waals surface area contributed by atoms with Crippen molar-refractivity contribution in [2.75, 3.05) is 37.7 Å². The summed E-state index contributed by atoms with van der Waals surface area (Å²) in [6.07, 6.45) is 3.49. The number of nitrogens with zero attached hydrogens (tertiary/aromatic N) is 3. The minimum atomic E-state index is -0.00500. The normalized spacial score (nSPS) is 19.2. The highest BCUT2D eigenvalue weighted by molar-refractivity contribution is 5.38. The van der Waals surface area contributed by atoms with Gasteiger partial charge in [-0.05, 0) is 12.5 Å². The van der Waals surface area contributed by atoms with E-state index in [9.17, 15) is 4.79 Å². The van der Waals surface area contributed by atoms with Crippen molar-refractivity contribution in [3.8, 4) is 0 Å². The Balaban J connectivity index is 2.24. The molecule has 6 heteroatoms. The van der Waals surface area contributed by atoms with Gasteiger partial charge in [0.1, 0.15) is 0 Å². The van der Waals surface area contributed by atoms with Crippen LogP contribution in [0, 0.1) is 5.92 Å². The molecular formula is C15H26N4O2. The number of aromatic nitrogens is 2. The second kappa shape index (κ2) is 7.56. The number of rotatable bonds is 6. The van der Waals surface area contributed by atoms with Crippen LogP contribution < -0.4 is 15.8 Å². The molecule has 1 N–H and O–H groups in total. The number of likely N-dealkylation sites (N-methyl/N-ethyl adjacent to an activating group) is 1. The molecule has 1 aromatic heterocycles. The maximum absolute atomic E-state index is 12.6. The Hall–Kier alpha value is -1.40. The fourth-order valence-electron chi connectivity index (χ4n) is 2.58. The SMILES string of the molecule is CCNCC1COCCN1c1nccn(CC(C)C)c1=O. The predicted octanol–water partition coefficient (Wildman–Crippen LogP) is 0.714. The van der Waals surface area contributed by atoms with Gasteiger partial charge in [-0.1, -0.05) is 20.8 Å². The largest absolute Gasteiger partial charge is 0.377 e. The molecule has 0 aliphatic carbocycles. The van der Waals surface area contributed by atoms with E-state index >= 15 is 0 Å². The van der Waals surface area contributed by atoms with E-state index < -0.39 is 0 Å². The molecule has 21 heavy (non-hydrogen) atoms. The van der Waals surface area contributed by atoms with E-state index in [1.165, 1.54) is 0 Å². The average molecular weight is 294 g/mol. The number of hydrogen-bond donors (Lipinski definition) is 1. The molecule has 1 aliphatic heterocycles. The fraction of sp³-hybridized carbons (Fsp3) is 0.733. The Morgan fingerprint density at radius 1 is 1.52 bits per heavy atom. The van der Waals surface area contributed by atoms with Crippen LogP contribution in [0.4, 0.5) is 5.82 Å². The summed E-state index contributed by atoms with van der Waals surface area (Å²) in [4.78, 5) is 19.0. The van der Waals surface area contributed by atoms with Gasteiger partial charge in [-0.25, -0.2) is 4.98 Å². The summed E-state index contributed by atoms with van der Waals surface area (Å²) in [5.41, 5.74) is -0.00500. The minimum Gasteiger partial charge on any atom is -0.377 e. The van der Waals surface area contributed by atoms with Gasteiger partial charge in [-0.3, -0.25) is 4.79 Å². The summed E-state index contributed by atoms with van der Waals surface area (Å²) in [6, 6.07) is 0.161. The molecule has 1 unspecified atom stereocenters. The molecule has 1 aliphatic rings. The van der Waals surface area contributed by atoms with Gasteiger partial charge >= 0.3 is 0 Å². The van der Waals surface area contributed by atoms with Gasteiger partial charge in [0.2, 0.25) is 0 Å². The standard InChI is InChI=1S/C15H26N4O2/c1-4-16-9-13-11-21-8-7-19(13)14-15(20)18(6-5-17-14)10-12(2)3/h5-6,12-13,16H,4,7-11H2,1-3H3. The lowest BCUT2D eigenvalue weighted by Gasteiger charge is -2.36. The van der Waals surface area contributed by atoms with E-state index in [0.717, 1.165) is 19.6 Å². The van der Waals surface area contributed by atoms with Crippen LogP contribution in [0.15, 0.2) is 17.2 Å². The third-order valence-corrected chi connectivity index (χ3v) is 3.59. The summed E-state index contributed by atoms with van der Waals surface area (Å²) in [5.74, 6) is 0.976. The lowest BCUT2D eigenvalue weighted by molar-refractivity contribution is 0.0933. The first-order valence-corrected chi connectivity index (χ1v) is 7.74. The van der Waals surface area contributed by atoms with Crippen LogP contribution in [-0.4, -0.2) is 48.4 Å². The zero-order valence-corrected chi connectivity index (χ0v) is 13.2. The van der Waals surface area contributed by atoms with Gasteiger partial charge in [-0.2, -0.15) is 0 Å². The van der Waals surface area contributed by atoms with Gasteiger partial charge in [0.25, 0.3) is 5.56 Å². The maximum atomic E-state index is 12.6. The van der Waals surface area contributed by atoms with E-state index in [4.69, 9.17) is 4.74 Å². The van der Waals surface area contributed by atoms with Gasteiger partial charge in [0.05, 0.1) is 19.3 Å². The van der Waals surface area contributed by atoms with Crippen LogP contribution >= 0.6 is 0 Å². The summed E-state index contributed by atoms with van der Waals surface area (Å²) < 4.78 is 7.30. The first-order valence-electron chi connectivity index (χ1n) is 7.74. The smallest absolute Gasteiger partial charge is 0.293 e. The molecule has 2 rings (SSSR count). The van der Waals surface area contributed by atoms with Crippen molar-refractivity contribution in [1.82, 2.24) is 14.9 Å². The number of morpholine rings is 1. The second-order valence-electron chi connectivity index (χ2n) is 5.83. The Morgan fingerprint density at radius 2 is 2.33 bits per heavy atom. The molecule has 0 radical (unpaired) electrons. The topological polar surface area (TPSA) is 59.4 Å². The van der Waals surface area contributed by atoms with Crippen LogP contribution in [0.3, 0.4) is 0 Å². The molecule has 2 heterocycles. The maximum Gasteiger partial charge on any atom is 0.293 e. The molecular weight excluding hydrogens is 268 g/mol. The minimum absolute atomic E-state index is 0.00500. The second-order valence-corrected chi connectivity index (χ2v) is 5.83. The number of anilines is 1. The first kappa shape index (κ1) is 16.0. The zero-order valence-electron chi connectivity index (χ0n) is 13.2. The molecule has 1 aromatic rings. The van der Waals surface area contributed by atoms with Crippen LogP contribution in [0.5, 0.6) is 0 Å². The van der Waals surface area contributed by atoms with Crippen molar-refractivity contribution >= 4 is 5.82 Å². The molecule has 0 aromatic carbocycles. The van der Waals surface area contributed by atoms with Gasteiger partial charge < -0.3 is 19.5 Å². The molecule has 118 valence electrons. The van der Waals surface area contributed by atoms with Crippen molar-refractivity contribution in [2.45, 2.75) is 33.4 Å². The van der Waals surface area contributed by atoms with Crippen molar-refractivity contribution in [2.24, 2.45) is 5.92 Å². The number of hydrogen-bond acceptors (Lipinski definition) is 5. The highest BCUT2D eigenvalue weighted by atomic mass is 16.5. The monoisotopic (exact) mass is 294 g/mol. The summed E-state index contributed by atoms with van der Waals surface area (Å²) in [6.45, 7) is 10.7. The van der Waals surface area contributed by atoms with Crippen LogP contribution in [0.1, 0.15) is 20.8 Å². The first-order chi connectivity index (χ1) is 10.1. The van der Waals surface area contributed by atoms with E-state index in [2.05, 4.69) is 36.0 Å². The third kappa shape index (κ3) is 4.04. The van der Waals surface area contributed by atoms with Crippen LogP contribution in [0.25, 0.3) is 0 Å². The Labute approximate surface area is 126 Å². The van der Waals surface area contributed by atoms with Crippen molar-refractivity contribution in [1.29, 1.82) is 0 Å². The van der Waals surface area contributed by atoms with Crippen molar-refractivity contribution in [3.63, 3.8) is 0 Å². The van der Waals surface area contributed by atoms with Crippen LogP contribution in [-0.2, 0) is 11.3 Å². The van der Waals surface area contributed by atoms with Crippen molar-refractivity contribution in [3.05, 3.63) is 22.7 Å². The van der Waals surface area contributed by atoms with E-state index in [1.54, 1.807) is 17.0 Å². The third-order valence-electron chi connectivity index (χ3n) is 3.59. The predicted molar refractivity (Wildman–Crippen MR) is 83.8 cm³/mol. The Kier molecular flexibility index (Phi) is 5.76. The quantitative estimate of drug-likeness (QED) is 0.837. The highest BCUT2D eigenvalue weighted by Gasteiger charge is 2.26. The van der Waals surface area contributed by atoms with E-state index in [0.29, 0.717) is 31.5 Å². The Morgan fingerprint density at radius 3 is 3.05 bits per heavy atom. The summed E-state index contributed by atoms with van der Waals surface area (Å²) in [7, 11) is 0. The number of ether oxygens (including phenoxy) is 1. The lowest BCUT2D eigenvalue weighted by Crippen LogP contribution is -2.52. The molecule has 1 fully saturated rings.